The summed E-state index contributed by atoms with van der Waals surface area (Å²) in [5, 5.41) is 3.15. The van der Waals surface area contributed by atoms with Crippen molar-refractivity contribution in [1.29, 1.82) is 0 Å². The zero-order valence-corrected chi connectivity index (χ0v) is 12.3. The number of hydrogen-bond acceptors (Lipinski definition) is 2. The molecule has 1 N–H and O–H groups in total. The molecule has 2 aromatic rings. The van der Waals surface area contributed by atoms with Gasteiger partial charge in [0.05, 0.1) is 11.6 Å². The Morgan fingerprint density at radius 2 is 1.95 bits per heavy atom. The van der Waals surface area contributed by atoms with E-state index in [4.69, 9.17) is 16.3 Å². The van der Waals surface area contributed by atoms with Crippen molar-refractivity contribution in [3.05, 3.63) is 64.4 Å². The van der Waals surface area contributed by atoms with Crippen LogP contribution in [-0.2, 0) is 6.54 Å². The number of benzene rings is 2. The van der Waals surface area contributed by atoms with E-state index in [1.54, 1.807) is 30.3 Å². The van der Waals surface area contributed by atoms with Gasteiger partial charge in [-0.25, -0.2) is 4.39 Å². The maximum atomic E-state index is 12.8. The maximum absolute atomic E-state index is 12.8. The highest BCUT2D eigenvalue weighted by Crippen LogP contribution is 2.25. The molecule has 0 spiro atoms. The van der Waals surface area contributed by atoms with E-state index in [-0.39, 0.29) is 11.7 Å². The number of ether oxygens (including phenoxy) is 1. The summed E-state index contributed by atoms with van der Waals surface area (Å²) >= 11 is 6.04. The summed E-state index contributed by atoms with van der Waals surface area (Å²) in [6.45, 7) is 2.69. The van der Waals surface area contributed by atoms with Gasteiger partial charge in [-0.15, -0.1) is 0 Å². The average molecular weight is 308 g/mol. The fraction of sp³-hybridized carbons (Fsp3) is 0.188. The van der Waals surface area contributed by atoms with Crippen LogP contribution in [0, 0.1) is 5.82 Å². The Morgan fingerprint density at radius 3 is 2.57 bits per heavy atom. The lowest BCUT2D eigenvalue weighted by atomic mass is 10.2. The summed E-state index contributed by atoms with van der Waals surface area (Å²) < 4.78 is 18.1. The number of nitrogens with one attached hydrogen (secondary N) is 1. The van der Waals surface area contributed by atoms with Crippen molar-refractivity contribution in [2.24, 2.45) is 0 Å². The molecule has 0 saturated carbocycles. The monoisotopic (exact) mass is 307 g/mol. The van der Waals surface area contributed by atoms with Crippen LogP contribution in [0.25, 0.3) is 0 Å². The van der Waals surface area contributed by atoms with Gasteiger partial charge >= 0.3 is 0 Å². The van der Waals surface area contributed by atoms with E-state index >= 15 is 0 Å². The average Bonchev–Trinajstić information content (AvgIpc) is 2.48. The van der Waals surface area contributed by atoms with Gasteiger partial charge in [-0.3, -0.25) is 4.79 Å². The second-order valence-corrected chi connectivity index (χ2v) is 4.79. The van der Waals surface area contributed by atoms with E-state index in [0.717, 1.165) is 5.56 Å². The standard InChI is InChI=1S/C16H15ClFNO2/c1-2-21-15-8-5-12(9-14(15)17)16(20)19-10-11-3-6-13(18)7-4-11/h3-9H,2,10H2,1H3,(H,19,20). The molecule has 110 valence electrons. The lowest BCUT2D eigenvalue weighted by Crippen LogP contribution is -2.22. The minimum absolute atomic E-state index is 0.246. The highest BCUT2D eigenvalue weighted by molar-refractivity contribution is 6.32. The summed E-state index contributed by atoms with van der Waals surface area (Å²) in [6, 6.07) is 10.8. The lowest BCUT2D eigenvalue weighted by molar-refractivity contribution is 0.0951. The molecule has 0 bridgehead atoms. The molecule has 0 saturated heterocycles. The number of carbonyl (C=O) groups is 1. The summed E-state index contributed by atoms with van der Waals surface area (Å²) in [6.07, 6.45) is 0. The van der Waals surface area contributed by atoms with Crippen LogP contribution in [0.3, 0.4) is 0 Å². The number of hydrogen-bond donors (Lipinski definition) is 1. The molecule has 0 aliphatic rings. The fourth-order valence-corrected chi connectivity index (χ4v) is 2.04. The van der Waals surface area contributed by atoms with E-state index in [2.05, 4.69) is 5.32 Å². The van der Waals surface area contributed by atoms with Crippen LogP contribution in [0.1, 0.15) is 22.8 Å². The van der Waals surface area contributed by atoms with Crippen LogP contribution in [0.5, 0.6) is 5.75 Å². The Balaban J connectivity index is 2.00. The van der Waals surface area contributed by atoms with E-state index in [9.17, 15) is 9.18 Å². The second-order valence-electron chi connectivity index (χ2n) is 4.39. The normalized spacial score (nSPS) is 10.2. The highest BCUT2D eigenvalue weighted by Gasteiger charge is 2.09. The first-order valence-electron chi connectivity index (χ1n) is 6.55. The first-order valence-corrected chi connectivity index (χ1v) is 6.93. The highest BCUT2D eigenvalue weighted by atomic mass is 35.5. The third-order valence-electron chi connectivity index (χ3n) is 2.86. The maximum Gasteiger partial charge on any atom is 0.251 e. The minimum atomic E-state index is -0.302. The van der Waals surface area contributed by atoms with Crippen molar-refractivity contribution >= 4 is 17.5 Å². The Kier molecular flexibility index (Phi) is 5.17. The predicted molar refractivity (Wildman–Crippen MR) is 80.2 cm³/mol. The predicted octanol–water partition coefficient (Wildman–Crippen LogP) is 3.81. The molecule has 0 aromatic heterocycles. The van der Waals surface area contributed by atoms with Crippen LogP contribution >= 0.6 is 11.6 Å². The van der Waals surface area contributed by atoms with E-state index in [1.807, 2.05) is 6.92 Å². The SMILES string of the molecule is CCOc1ccc(C(=O)NCc2ccc(F)cc2)cc1Cl. The van der Waals surface area contributed by atoms with Crippen LogP contribution in [0.4, 0.5) is 4.39 Å². The Hall–Kier alpha value is -2.07. The Bertz CT molecular complexity index is 629. The van der Waals surface area contributed by atoms with Gasteiger partial charge in [-0.05, 0) is 42.8 Å². The number of rotatable bonds is 5. The van der Waals surface area contributed by atoms with Gasteiger partial charge in [-0.2, -0.15) is 0 Å². The van der Waals surface area contributed by atoms with Crippen LogP contribution in [0.15, 0.2) is 42.5 Å². The van der Waals surface area contributed by atoms with Crippen LogP contribution in [-0.4, -0.2) is 12.5 Å². The fourth-order valence-electron chi connectivity index (χ4n) is 1.80. The molecule has 1 amide bonds. The Morgan fingerprint density at radius 1 is 1.24 bits per heavy atom. The van der Waals surface area contributed by atoms with Crippen molar-refractivity contribution in [3.63, 3.8) is 0 Å². The molecule has 0 aliphatic carbocycles. The van der Waals surface area contributed by atoms with Gasteiger partial charge in [0.1, 0.15) is 11.6 Å². The molecule has 21 heavy (non-hydrogen) atoms. The number of halogens is 2. The molecule has 0 radical (unpaired) electrons. The third kappa shape index (κ3) is 4.20. The van der Waals surface area contributed by atoms with Crippen molar-refractivity contribution in [2.75, 3.05) is 6.61 Å². The van der Waals surface area contributed by atoms with Gasteiger partial charge < -0.3 is 10.1 Å². The molecule has 2 rings (SSSR count). The summed E-state index contributed by atoms with van der Waals surface area (Å²) in [5.41, 5.74) is 1.27. The molecular weight excluding hydrogens is 293 g/mol. The van der Waals surface area contributed by atoms with E-state index < -0.39 is 0 Å². The molecule has 5 heteroatoms. The number of amides is 1. The quantitative estimate of drug-likeness (QED) is 0.912. The van der Waals surface area contributed by atoms with Crippen molar-refractivity contribution in [2.45, 2.75) is 13.5 Å². The molecule has 0 atom stereocenters. The molecule has 0 unspecified atom stereocenters. The second kappa shape index (κ2) is 7.09. The van der Waals surface area contributed by atoms with Gasteiger partial charge in [0.2, 0.25) is 0 Å². The molecule has 3 nitrogen and oxygen atoms in total. The topological polar surface area (TPSA) is 38.3 Å². The van der Waals surface area contributed by atoms with Gasteiger partial charge in [-0.1, -0.05) is 23.7 Å². The van der Waals surface area contributed by atoms with Gasteiger partial charge in [0.15, 0.2) is 0 Å². The van der Waals surface area contributed by atoms with Gasteiger partial charge in [0.25, 0.3) is 5.91 Å². The van der Waals surface area contributed by atoms with Crippen LogP contribution in [0.2, 0.25) is 5.02 Å². The molecule has 0 heterocycles. The molecule has 0 fully saturated rings. The van der Waals surface area contributed by atoms with E-state index in [1.165, 1.54) is 12.1 Å². The van der Waals surface area contributed by atoms with Crippen molar-refractivity contribution in [1.82, 2.24) is 5.32 Å². The molecule has 2 aromatic carbocycles. The van der Waals surface area contributed by atoms with Gasteiger partial charge in [0, 0.05) is 12.1 Å². The zero-order chi connectivity index (χ0) is 15.2. The number of carbonyl (C=O) groups excluding carboxylic acids is 1. The first kappa shape index (κ1) is 15.3. The van der Waals surface area contributed by atoms with E-state index in [0.29, 0.717) is 29.5 Å². The summed E-state index contributed by atoms with van der Waals surface area (Å²) in [4.78, 5) is 12.0. The van der Waals surface area contributed by atoms with Crippen LogP contribution < -0.4 is 10.1 Å². The van der Waals surface area contributed by atoms with Crippen molar-refractivity contribution < 1.29 is 13.9 Å². The Labute approximate surface area is 127 Å². The summed E-state index contributed by atoms with van der Waals surface area (Å²) in [5.74, 6) is 0.00176. The molecule has 0 aliphatic heterocycles. The summed E-state index contributed by atoms with van der Waals surface area (Å²) in [7, 11) is 0. The minimum Gasteiger partial charge on any atom is -0.492 e. The zero-order valence-electron chi connectivity index (χ0n) is 11.5. The smallest absolute Gasteiger partial charge is 0.251 e. The lowest BCUT2D eigenvalue weighted by Gasteiger charge is -2.08. The third-order valence-corrected chi connectivity index (χ3v) is 3.16. The van der Waals surface area contributed by atoms with Crippen molar-refractivity contribution in [3.8, 4) is 5.75 Å². The molecular formula is C16H15ClFNO2. The first-order chi connectivity index (χ1) is 10.1. The largest absolute Gasteiger partial charge is 0.492 e.